The molecular weight excluding hydrogens is 637 g/mol. The molecule has 0 radical (unpaired) electrons. The number of hydrogen-bond acceptors (Lipinski definition) is 4. The van der Waals surface area contributed by atoms with Crippen molar-refractivity contribution < 1.29 is 9.15 Å². The van der Waals surface area contributed by atoms with Crippen LogP contribution in [0.5, 0.6) is 0 Å². The molecule has 246 valence electrons. The maximum Gasteiger partial charge on any atom is 0.225 e. The van der Waals surface area contributed by atoms with Crippen LogP contribution in [0.4, 0.5) is 0 Å². The third kappa shape index (κ3) is 5.12. The highest BCUT2D eigenvalue weighted by atomic mass is 16.5. The van der Waals surface area contributed by atoms with E-state index in [4.69, 9.17) is 9.15 Å². The van der Waals surface area contributed by atoms with Crippen LogP contribution in [0.2, 0.25) is 0 Å². The molecule has 2 heterocycles. The van der Waals surface area contributed by atoms with Crippen LogP contribution >= 0.6 is 0 Å². The van der Waals surface area contributed by atoms with Gasteiger partial charge in [-0.05, 0) is 101 Å². The van der Waals surface area contributed by atoms with Gasteiger partial charge in [-0.1, -0.05) is 133 Å². The SMILES string of the molecule is C1=COC(c2cccc(-c3c4ccccc4c(-c4cccc(-c5ncco5)c4)c4ccc(-c5ccc(-c6cccc7ccccc67)cc5)cc34)c2)N1. The lowest BCUT2D eigenvalue weighted by atomic mass is 9.84. The zero-order chi connectivity index (χ0) is 34.4. The van der Waals surface area contributed by atoms with Crippen LogP contribution < -0.4 is 5.32 Å². The van der Waals surface area contributed by atoms with E-state index in [0.717, 1.165) is 27.8 Å². The monoisotopic (exact) mass is 668 g/mol. The fourth-order valence-corrected chi connectivity index (χ4v) is 7.79. The van der Waals surface area contributed by atoms with E-state index in [1.54, 1.807) is 18.7 Å². The molecule has 1 aliphatic rings. The molecule has 4 heteroatoms. The lowest BCUT2D eigenvalue weighted by molar-refractivity contribution is 0.155. The van der Waals surface area contributed by atoms with Gasteiger partial charge in [-0.3, -0.25) is 0 Å². The molecule has 4 nitrogen and oxygen atoms in total. The van der Waals surface area contributed by atoms with Crippen molar-refractivity contribution in [2.75, 3.05) is 0 Å². The quantitative estimate of drug-likeness (QED) is 0.179. The number of hydrogen-bond donors (Lipinski definition) is 1. The lowest BCUT2D eigenvalue weighted by Gasteiger charge is -2.20. The molecule has 1 aliphatic heterocycles. The second-order valence-electron chi connectivity index (χ2n) is 13.2. The Morgan fingerprint density at radius 2 is 1.13 bits per heavy atom. The van der Waals surface area contributed by atoms with Gasteiger partial charge in [0.1, 0.15) is 12.5 Å². The molecule has 52 heavy (non-hydrogen) atoms. The zero-order valence-electron chi connectivity index (χ0n) is 28.2. The van der Waals surface area contributed by atoms with Crippen LogP contribution in [-0.2, 0) is 4.74 Å². The van der Waals surface area contributed by atoms with Gasteiger partial charge in [0.25, 0.3) is 0 Å². The average Bonchev–Trinajstić information content (AvgIpc) is 3.96. The Hall–Kier alpha value is -6.91. The summed E-state index contributed by atoms with van der Waals surface area (Å²) in [5, 5.41) is 10.5. The average molecular weight is 669 g/mol. The number of fused-ring (bicyclic) bond motifs is 3. The molecule has 9 aromatic rings. The Morgan fingerprint density at radius 3 is 1.92 bits per heavy atom. The molecule has 0 saturated carbocycles. The molecule has 1 N–H and O–H groups in total. The maximum atomic E-state index is 5.86. The van der Waals surface area contributed by atoms with Crippen molar-refractivity contribution in [2.45, 2.75) is 6.23 Å². The van der Waals surface area contributed by atoms with E-state index < -0.39 is 0 Å². The molecule has 0 spiro atoms. The highest BCUT2D eigenvalue weighted by molar-refractivity contribution is 6.22. The van der Waals surface area contributed by atoms with Gasteiger partial charge in [0.2, 0.25) is 5.89 Å². The van der Waals surface area contributed by atoms with E-state index in [9.17, 15) is 0 Å². The predicted molar refractivity (Wildman–Crippen MR) is 212 cm³/mol. The summed E-state index contributed by atoms with van der Waals surface area (Å²) < 4.78 is 11.6. The standard InChI is InChI=1S/C48H32N2O2/c1-2-14-39-32(8-1)9-7-17-40(39)33-20-18-31(19-21-33)34-22-23-43-44(30-34)46(36-11-6-13-38(29-36)48-50-25-27-52-48)42-16-4-3-15-41(42)45(43)35-10-5-12-37(28-35)47-49-24-26-51-47/h1-30,48,50H. The Balaban J connectivity index is 1.19. The van der Waals surface area contributed by atoms with Crippen LogP contribution in [0.3, 0.4) is 0 Å². The van der Waals surface area contributed by atoms with Crippen molar-refractivity contribution in [1.29, 1.82) is 0 Å². The normalized spacial score (nSPS) is 13.8. The molecule has 0 saturated heterocycles. The summed E-state index contributed by atoms with van der Waals surface area (Å²) in [5.41, 5.74) is 11.4. The Labute approximate surface area is 301 Å². The molecule has 10 rings (SSSR count). The topological polar surface area (TPSA) is 47.3 Å². The van der Waals surface area contributed by atoms with Gasteiger partial charge < -0.3 is 14.5 Å². The van der Waals surface area contributed by atoms with Crippen molar-refractivity contribution >= 4 is 32.3 Å². The predicted octanol–water partition coefficient (Wildman–Crippen LogP) is 12.6. The minimum absolute atomic E-state index is 0.217. The molecule has 1 unspecified atom stereocenters. The summed E-state index contributed by atoms with van der Waals surface area (Å²) >= 11 is 0. The number of nitrogens with zero attached hydrogens (tertiary/aromatic N) is 1. The van der Waals surface area contributed by atoms with Gasteiger partial charge in [-0.25, -0.2) is 4.98 Å². The van der Waals surface area contributed by atoms with Crippen molar-refractivity contribution in [2.24, 2.45) is 0 Å². The first-order chi connectivity index (χ1) is 25.8. The molecule has 8 aromatic carbocycles. The van der Waals surface area contributed by atoms with Gasteiger partial charge in [0.15, 0.2) is 6.23 Å². The molecule has 0 bridgehead atoms. The molecule has 1 atom stereocenters. The number of oxazole rings is 1. The van der Waals surface area contributed by atoms with Crippen LogP contribution in [0.15, 0.2) is 187 Å². The van der Waals surface area contributed by atoms with Crippen molar-refractivity contribution in [3.05, 3.63) is 188 Å². The van der Waals surface area contributed by atoms with Crippen molar-refractivity contribution in [3.8, 4) is 56.0 Å². The number of ether oxygens (including phenoxy) is 1. The first-order valence-corrected chi connectivity index (χ1v) is 17.5. The summed E-state index contributed by atoms with van der Waals surface area (Å²) in [6.45, 7) is 0. The largest absolute Gasteiger partial charge is 0.473 e. The van der Waals surface area contributed by atoms with Gasteiger partial charge in [0, 0.05) is 17.3 Å². The summed E-state index contributed by atoms with van der Waals surface area (Å²) in [6, 6.07) is 56.9. The minimum Gasteiger partial charge on any atom is -0.473 e. The van der Waals surface area contributed by atoms with Gasteiger partial charge in [-0.15, -0.1) is 0 Å². The number of nitrogens with one attached hydrogen (secondary N) is 1. The first kappa shape index (κ1) is 30.0. The maximum absolute atomic E-state index is 5.86. The molecular formula is C48H32N2O2. The number of rotatable bonds is 6. The Kier molecular flexibility index (Phi) is 7.17. The highest BCUT2D eigenvalue weighted by Gasteiger charge is 2.20. The van der Waals surface area contributed by atoms with Crippen LogP contribution in [0, 0.1) is 0 Å². The molecule has 1 aromatic heterocycles. The first-order valence-electron chi connectivity index (χ1n) is 17.5. The van der Waals surface area contributed by atoms with Crippen LogP contribution in [0.1, 0.15) is 11.8 Å². The van der Waals surface area contributed by atoms with E-state index in [1.165, 1.54) is 60.1 Å². The zero-order valence-corrected chi connectivity index (χ0v) is 28.2. The summed E-state index contributed by atoms with van der Waals surface area (Å²) in [6.07, 6.45) is 6.65. The molecule has 0 aliphatic carbocycles. The third-order valence-corrected chi connectivity index (χ3v) is 10.2. The second kappa shape index (κ2) is 12.4. The van der Waals surface area contributed by atoms with E-state index in [1.807, 2.05) is 12.3 Å². The van der Waals surface area contributed by atoms with Gasteiger partial charge in [0.05, 0.1) is 6.20 Å². The summed E-state index contributed by atoms with van der Waals surface area (Å²) in [5.74, 6) is 0.607. The van der Waals surface area contributed by atoms with Crippen LogP contribution in [0.25, 0.3) is 88.3 Å². The second-order valence-corrected chi connectivity index (χ2v) is 13.2. The van der Waals surface area contributed by atoms with E-state index in [0.29, 0.717) is 5.89 Å². The third-order valence-electron chi connectivity index (χ3n) is 10.2. The van der Waals surface area contributed by atoms with Gasteiger partial charge >= 0.3 is 0 Å². The smallest absolute Gasteiger partial charge is 0.225 e. The summed E-state index contributed by atoms with van der Waals surface area (Å²) in [4.78, 5) is 4.44. The van der Waals surface area contributed by atoms with Crippen LogP contribution in [-0.4, -0.2) is 4.98 Å². The number of aromatic nitrogens is 1. The van der Waals surface area contributed by atoms with E-state index in [-0.39, 0.29) is 6.23 Å². The highest BCUT2D eigenvalue weighted by Crippen LogP contribution is 2.46. The van der Waals surface area contributed by atoms with Crippen molar-refractivity contribution in [3.63, 3.8) is 0 Å². The minimum atomic E-state index is -0.217. The van der Waals surface area contributed by atoms with E-state index in [2.05, 4.69) is 162 Å². The number of benzene rings is 8. The summed E-state index contributed by atoms with van der Waals surface area (Å²) in [7, 11) is 0. The van der Waals surface area contributed by atoms with E-state index >= 15 is 0 Å². The van der Waals surface area contributed by atoms with Gasteiger partial charge in [-0.2, -0.15) is 0 Å². The molecule has 0 fully saturated rings. The van der Waals surface area contributed by atoms with Crippen molar-refractivity contribution in [1.82, 2.24) is 10.3 Å². The fourth-order valence-electron chi connectivity index (χ4n) is 7.79. The fraction of sp³-hybridized carbons (Fsp3) is 0.0208. The lowest BCUT2D eigenvalue weighted by Crippen LogP contribution is -2.11. The molecule has 0 amide bonds. The Bertz CT molecular complexity index is 2790. The Morgan fingerprint density at radius 1 is 0.481 bits per heavy atom.